The van der Waals surface area contributed by atoms with Gasteiger partial charge in [0.2, 0.25) is 0 Å². The van der Waals surface area contributed by atoms with E-state index in [1.807, 2.05) is 0 Å². The van der Waals surface area contributed by atoms with Gasteiger partial charge in [0.25, 0.3) is 5.56 Å². The maximum Gasteiger partial charge on any atom is 0.418 e. The summed E-state index contributed by atoms with van der Waals surface area (Å²) in [6, 6.07) is 18.8. The van der Waals surface area contributed by atoms with E-state index in [9.17, 15) is 18.0 Å². The zero-order chi connectivity index (χ0) is 22.5. The molecule has 0 aliphatic carbocycles. The smallest absolute Gasteiger partial charge is 0.418 e. The average Bonchev–Trinajstić information content (AvgIpc) is 3.12. The first-order valence-corrected chi connectivity index (χ1v) is 9.56. The van der Waals surface area contributed by atoms with E-state index in [-0.39, 0.29) is 28.2 Å². The highest BCUT2D eigenvalue weighted by atomic mass is 19.4. The summed E-state index contributed by atoms with van der Waals surface area (Å²) in [4.78, 5) is 15.3. The van der Waals surface area contributed by atoms with Crippen LogP contribution in [0.2, 0.25) is 0 Å². The fraction of sp³-hybridized carbons (Fsp3) is 0.0435. The van der Waals surface area contributed by atoms with Crippen LogP contribution >= 0.6 is 0 Å². The lowest BCUT2D eigenvalue weighted by molar-refractivity contribution is -0.137. The number of benzene rings is 3. The predicted octanol–water partition coefficient (Wildman–Crippen LogP) is 5.26. The van der Waals surface area contributed by atoms with Gasteiger partial charge in [-0.1, -0.05) is 36.4 Å². The van der Waals surface area contributed by atoms with E-state index >= 15 is 0 Å². The molecule has 0 aliphatic heterocycles. The molecule has 0 bridgehead atoms. The van der Waals surface area contributed by atoms with Crippen LogP contribution in [0.1, 0.15) is 5.56 Å². The zero-order valence-corrected chi connectivity index (χ0v) is 16.4. The Bertz CT molecular complexity index is 1520. The fourth-order valence-electron chi connectivity index (χ4n) is 3.63. The van der Waals surface area contributed by atoms with E-state index in [0.29, 0.717) is 16.7 Å². The molecule has 2 aromatic heterocycles. The van der Waals surface area contributed by atoms with Crippen molar-refractivity contribution in [1.29, 1.82) is 0 Å². The Morgan fingerprint density at radius 3 is 2.41 bits per heavy atom. The highest BCUT2D eigenvalue weighted by Gasteiger charge is 2.35. The first kappa shape index (κ1) is 19.7. The van der Waals surface area contributed by atoms with Gasteiger partial charge in [-0.15, -0.1) is 0 Å². The number of rotatable bonds is 3. The summed E-state index contributed by atoms with van der Waals surface area (Å²) in [6.07, 6.45) is -4.72. The second-order valence-corrected chi connectivity index (χ2v) is 7.11. The number of nitrogen functional groups attached to an aromatic ring is 1. The second-order valence-electron chi connectivity index (χ2n) is 7.11. The molecule has 0 atom stereocenters. The molecule has 3 aromatic carbocycles. The molecule has 0 aliphatic rings. The van der Waals surface area contributed by atoms with Gasteiger partial charge in [0, 0.05) is 5.39 Å². The van der Waals surface area contributed by atoms with Crippen LogP contribution < -0.4 is 16.0 Å². The first-order valence-electron chi connectivity index (χ1n) is 9.56. The van der Waals surface area contributed by atoms with E-state index in [0.717, 1.165) is 10.7 Å². The van der Waals surface area contributed by atoms with E-state index in [1.54, 1.807) is 54.6 Å². The van der Waals surface area contributed by atoms with Crippen molar-refractivity contribution in [2.24, 2.45) is 0 Å². The number of nitrogens with one attached hydrogen (secondary N) is 1. The van der Waals surface area contributed by atoms with Crippen LogP contribution in [0, 0.1) is 0 Å². The molecule has 2 heterocycles. The third kappa shape index (κ3) is 3.24. The average molecular weight is 436 g/mol. The summed E-state index contributed by atoms with van der Waals surface area (Å²) in [5.41, 5.74) is 5.02. The second kappa shape index (κ2) is 7.16. The van der Waals surface area contributed by atoms with Gasteiger partial charge >= 0.3 is 6.18 Å². The third-order valence-corrected chi connectivity index (χ3v) is 5.06. The maximum absolute atomic E-state index is 14.0. The van der Waals surface area contributed by atoms with E-state index in [2.05, 4.69) is 10.1 Å². The van der Waals surface area contributed by atoms with Crippen molar-refractivity contribution in [3.8, 4) is 17.2 Å². The first-order chi connectivity index (χ1) is 15.3. The number of halogens is 3. The number of hydrogen-bond acceptors (Lipinski definition) is 4. The Balaban J connectivity index is 1.72. The molecule has 0 spiro atoms. The van der Waals surface area contributed by atoms with Gasteiger partial charge in [-0.05, 0) is 36.4 Å². The number of nitrogens with two attached hydrogens (primary N) is 1. The Hall–Kier alpha value is -4.27. The lowest BCUT2D eigenvalue weighted by Crippen LogP contribution is -2.13. The van der Waals surface area contributed by atoms with Gasteiger partial charge in [0.05, 0.1) is 16.8 Å². The Labute approximate surface area is 178 Å². The zero-order valence-electron chi connectivity index (χ0n) is 16.4. The molecule has 5 aromatic rings. The summed E-state index contributed by atoms with van der Waals surface area (Å²) < 4.78 is 48.4. The molecule has 160 valence electrons. The third-order valence-electron chi connectivity index (χ3n) is 5.06. The molecule has 0 radical (unpaired) electrons. The number of nitrogens with zero attached hydrogens (tertiary/aromatic N) is 2. The number of ether oxygens (including phenoxy) is 1. The van der Waals surface area contributed by atoms with Gasteiger partial charge in [-0.3, -0.25) is 4.79 Å². The van der Waals surface area contributed by atoms with Crippen LogP contribution in [0.3, 0.4) is 0 Å². The molecule has 0 saturated carbocycles. The molecule has 0 fully saturated rings. The molecule has 6 nitrogen and oxygen atoms in total. The maximum atomic E-state index is 14.0. The van der Waals surface area contributed by atoms with Gasteiger partial charge in [-0.25, -0.2) is 4.68 Å². The van der Waals surface area contributed by atoms with Gasteiger partial charge in [0.1, 0.15) is 28.2 Å². The topological polar surface area (TPSA) is 85.9 Å². The quantitative estimate of drug-likeness (QED) is 0.404. The van der Waals surface area contributed by atoms with Crippen molar-refractivity contribution in [3.63, 3.8) is 0 Å². The van der Waals surface area contributed by atoms with Gasteiger partial charge < -0.3 is 15.5 Å². The van der Waals surface area contributed by atoms with Crippen molar-refractivity contribution in [3.05, 3.63) is 88.7 Å². The highest BCUT2D eigenvalue weighted by molar-refractivity contribution is 6.06. The van der Waals surface area contributed by atoms with Crippen molar-refractivity contribution in [2.75, 3.05) is 5.73 Å². The van der Waals surface area contributed by atoms with Crippen LogP contribution in [0.4, 0.5) is 19.0 Å². The number of H-pyrrole nitrogens is 1. The van der Waals surface area contributed by atoms with Crippen LogP contribution in [-0.4, -0.2) is 14.8 Å². The summed E-state index contributed by atoms with van der Waals surface area (Å²) >= 11 is 0. The number of anilines is 1. The van der Waals surface area contributed by atoms with Gasteiger partial charge in [-0.2, -0.15) is 18.3 Å². The van der Waals surface area contributed by atoms with E-state index in [4.69, 9.17) is 10.5 Å². The highest BCUT2D eigenvalue weighted by Crippen LogP contribution is 2.38. The molecule has 0 unspecified atom stereocenters. The molecule has 9 heteroatoms. The largest absolute Gasteiger partial charge is 0.457 e. The summed E-state index contributed by atoms with van der Waals surface area (Å²) in [6.45, 7) is 0. The SMILES string of the molecule is Nc1c2c(=O)[nH]c3ccccc3c2nn1-c1ccc(Oc2ccccc2)cc1C(F)(F)F. The predicted molar refractivity (Wildman–Crippen MR) is 115 cm³/mol. The number of aromatic amines is 1. The minimum Gasteiger partial charge on any atom is -0.457 e. The minimum absolute atomic E-state index is 0.00542. The Morgan fingerprint density at radius 2 is 1.66 bits per heavy atom. The van der Waals surface area contributed by atoms with Crippen LogP contribution in [0.25, 0.3) is 27.5 Å². The number of para-hydroxylation sites is 2. The molecular formula is C23H15F3N4O2. The van der Waals surface area contributed by atoms with Crippen LogP contribution in [-0.2, 0) is 6.18 Å². The summed E-state index contributed by atoms with van der Waals surface area (Å²) in [7, 11) is 0. The van der Waals surface area contributed by atoms with Crippen molar-refractivity contribution in [2.45, 2.75) is 6.18 Å². The molecule has 0 amide bonds. The lowest BCUT2D eigenvalue weighted by atomic mass is 10.1. The van der Waals surface area contributed by atoms with Crippen molar-refractivity contribution < 1.29 is 17.9 Å². The molecule has 5 rings (SSSR count). The van der Waals surface area contributed by atoms with Crippen molar-refractivity contribution in [1.82, 2.24) is 14.8 Å². The van der Waals surface area contributed by atoms with E-state index < -0.39 is 17.3 Å². The molecule has 3 N–H and O–H groups in total. The van der Waals surface area contributed by atoms with E-state index in [1.165, 1.54) is 12.1 Å². The number of aromatic nitrogens is 3. The van der Waals surface area contributed by atoms with Crippen molar-refractivity contribution >= 4 is 27.6 Å². The van der Waals surface area contributed by atoms with Gasteiger partial charge in [0.15, 0.2) is 0 Å². The summed E-state index contributed by atoms with van der Waals surface area (Å²) in [5, 5.41) is 4.89. The number of hydrogen-bond donors (Lipinski definition) is 2. The Morgan fingerprint density at radius 1 is 0.938 bits per heavy atom. The number of fused-ring (bicyclic) bond motifs is 3. The Kier molecular flexibility index (Phi) is 4.40. The number of alkyl halides is 3. The minimum atomic E-state index is -4.72. The molecule has 0 saturated heterocycles. The van der Waals surface area contributed by atoms with Crippen LogP contribution in [0.5, 0.6) is 11.5 Å². The number of pyridine rings is 1. The fourth-order valence-corrected chi connectivity index (χ4v) is 3.63. The monoisotopic (exact) mass is 436 g/mol. The lowest BCUT2D eigenvalue weighted by Gasteiger charge is -2.15. The normalized spacial score (nSPS) is 11.8. The molecule has 32 heavy (non-hydrogen) atoms. The standard InChI is InChI=1S/C23H15F3N4O2/c24-23(25,26)16-12-14(32-13-6-2-1-3-7-13)10-11-18(16)30-21(27)19-20(29-30)15-8-4-5-9-17(15)28-22(19)31/h1-12H,27H2,(H,28,31). The van der Waals surface area contributed by atoms with Crippen LogP contribution in [0.15, 0.2) is 77.6 Å². The molecular weight excluding hydrogens is 421 g/mol. The summed E-state index contributed by atoms with van der Waals surface area (Å²) in [5.74, 6) is 0.218.